The zero-order valence-corrected chi connectivity index (χ0v) is 11.3. The quantitative estimate of drug-likeness (QED) is 0.874. The number of anilines is 2. The largest absolute Gasteiger partial charge is 0.491 e. The molecule has 2 aromatic rings. The minimum absolute atomic E-state index is 0.0680. The van der Waals surface area contributed by atoms with Crippen LogP contribution in [0.3, 0.4) is 0 Å². The number of benzene rings is 1. The van der Waals surface area contributed by atoms with Gasteiger partial charge in [0.1, 0.15) is 18.2 Å². The first kappa shape index (κ1) is 13.2. The van der Waals surface area contributed by atoms with Gasteiger partial charge in [-0.25, -0.2) is 9.78 Å². The number of nitrogen functional groups attached to an aromatic ring is 1. The molecule has 0 bridgehead atoms. The third-order valence-corrected chi connectivity index (χ3v) is 3.43. The molecule has 0 atom stereocenters. The summed E-state index contributed by atoms with van der Waals surface area (Å²) in [7, 11) is 0. The normalized spacial score (nSPS) is 14.0. The van der Waals surface area contributed by atoms with Crippen LogP contribution in [0.5, 0.6) is 5.75 Å². The minimum Gasteiger partial charge on any atom is -0.491 e. The zero-order valence-electron chi connectivity index (χ0n) is 11.3. The van der Waals surface area contributed by atoms with Gasteiger partial charge in [-0.3, -0.25) is 0 Å². The maximum absolute atomic E-state index is 11.2. The van der Waals surface area contributed by atoms with Crippen LogP contribution < -0.4 is 15.4 Å². The highest BCUT2D eigenvalue weighted by molar-refractivity contribution is 5.94. The van der Waals surface area contributed by atoms with Crippen LogP contribution in [0.15, 0.2) is 36.5 Å². The van der Waals surface area contributed by atoms with Crippen molar-refractivity contribution < 1.29 is 14.6 Å². The van der Waals surface area contributed by atoms with Crippen LogP contribution in [0, 0.1) is 0 Å². The number of carboxylic acid groups (broad SMARTS) is 1. The number of hydrogen-bond acceptors (Lipinski definition) is 5. The zero-order chi connectivity index (χ0) is 14.8. The van der Waals surface area contributed by atoms with Crippen molar-refractivity contribution in [3.63, 3.8) is 0 Å². The molecule has 1 aromatic heterocycles. The fraction of sp³-hybridized carbons (Fsp3) is 0.200. The van der Waals surface area contributed by atoms with E-state index in [-0.39, 0.29) is 11.3 Å². The van der Waals surface area contributed by atoms with E-state index in [2.05, 4.69) is 4.98 Å². The molecule has 0 radical (unpaired) electrons. The lowest BCUT2D eigenvalue weighted by atomic mass is 10.2. The summed E-state index contributed by atoms with van der Waals surface area (Å²) in [5.74, 6) is 0.387. The Morgan fingerprint density at radius 2 is 2.19 bits per heavy atom. The summed E-state index contributed by atoms with van der Waals surface area (Å²) in [6.45, 7) is 1.77. The molecule has 108 valence electrons. The highest BCUT2D eigenvalue weighted by atomic mass is 16.5. The van der Waals surface area contributed by atoms with Crippen molar-refractivity contribution >= 4 is 17.5 Å². The molecule has 0 fully saturated rings. The van der Waals surface area contributed by atoms with E-state index in [1.165, 1.54) is 12.3 Å². The number of nitrogens with two attached hydrogens (primary N) is 1. The second kappa shape index (κ2) is 5.32. The lowest BCUT2D eigenvalue weighted by molar-refractivity contribution is 0.0698. The van der Waals surface area contributed by atoms with Gasteiger partial charge in [-0.2, -0.15) is 0 Å². The van der Waals surface area contributed by atoms with Gasteiger partial charge in [-0.15, -0.1) is 0 Å². The highest BCUT2D eigenvalue weighted by Gasteiger charge is 2.18. The first-order valence-corrected chi connectivity index (χ1v) is 6.59. The van der Waals surface area contributed by atoms with Crippen molar-refractivity contribution in [2.45, 2.75) is 6.54 Å². The molecule has 1 aromatic carbocycles. The average molecular weight is 285 g/mol. The summed E-state index contributed by atoms with van der Waals surface area (Å²) in [5, 5.41) is 9.15. The molecule has 1 aliphatic heterocycles. The summed E-state index contributed by atoms with van der Waals surface area (Å²) < 4.78 is 5.69. The Balaban J connectivity index is 1.94. The Hall–Kier alpha value is -2.76. The standard InChI is InChI=1S/C15H15N3O3/c16-12-8-17-14(7-11(12)15(19)20)18-5-6-21-13-4-2-1-3-10(13)9-18/h1-4,7-8H,5-6,9,16H2,(H,19,20). The molecular formula is C15H15N3O3. The summed E-state index contributed by atoms with van der Waals surface area (Å²) in [5.41, 5.74) is 6.92. The molecule has 2 heterocycles. The fourth-order valence-corrected chi connectivity index (χ4v) is 2.33. The smallest absolute Gasteiger partial charge is 0.337 e. The molecule has 21 heavy (non-hydrogen) atoms. The van der Waals surface area contributed by atoms with E-state index in [1.807, 2.05) is 29.2 Å². The van der Waals surface area contributed by atoms with Gasteiger partial charge in [0.2, 0.25) is 0 Å². The van der Waals surface area contributed by atoms with E-state index in [1.54, 1.807) is 0 Å². The molecular weight excluding hydrogens is 270 g/mol. The third kappa shape index (κ3) is 2.60. The average Bonchev–Trinajstić information content (AvgIpc) is 2.69. The van der Waals surface area contributed by atoms with Crippen molar-refractivity contribution in [1.29, 1.82) is 0 Å². The van der Waals surface area contributed by atoms with Gasteiger partial charge in [-0.1, -0.05) is 18.2 Å². The van der Waals surface area contributed by atoms with Gasteiger partial charge < -0.3 is 20.5 Å². The number of rotatable bonds is 2. The van der Waals surface area contributed by atoms with E-state index in [4.69, 9.17) is 15.6 Å². The van der Waals surface area contributed by atoms with Gasteiger partial charge >= 0.3 is 5.97 Å². The van der Waals surface area contributed by atoms with Crippen molar-refractivity contribution in [2.24, 2.45) is 0 Å². The van der Waals surface area contributed by atoms with Crippen molar-refractivity contribution in [3.8, 4) is 5.75 Å². The first-order valence-electron chi connectivity index (χ1n) is 6.59. The summed E-state index contributed by atoms with van der Waals surface area (Å²) >= 11 is 0. The van der Waals surface area contributed by atoms with E-state index >= 15 is 0 Å². The van der Waals surface area contributed by atoms with Crippen LogP contribution in [0.2, 0.25) is 0 Å². The molecule has 1 aliphatic rings. The van der Waals surface area contributed by atoms with Crippen LogP contribution in [0.1, 0.15) is 15.9 Å². The van der Waals surface area contributed by atoms with Gasteiger partial charge in [-0.05, 0) is 12.1 Å². The molecule has 3 rings (SSSR count). The number of carboxylic acids is 1. The van der Waals surface area contributed by atoms with Crippen LogP contribution >= 0.6 is 0 Å². The van der Waals surface area contributed by atoms with Crippen LogP contribution in [0.4, 0.5) is 11.5 Å². The Morgan fingerprint density at radius 3 is 3.00 bits per heavy atom. The maximum Gasteiger partial charge on any atom is 0.337 e. The Morgan fingerprint density at radius 1 is 1.38 bits per heavy atom. The highest BCUT2D eigenvalue weighted by Crippen LogP contribution is 2.26. The Labute approximate surface area is 121 Å². The molecule has 0 aliphatic carbocycles. The topological polar surface area (TPSA) is 88.7 Å². The summed E-state index contributed by atoms with van der Waals surface area (Å²) in [6, 6.07) is 9.30. The number of aromatic carboxylic acids is 1. The number of nitrogens with zero attached hydrogens (tertiary/aromatic N) is 2. The Bertz CT molecular complexity index is 688. The number of pyridine rings is 1. The molecule has 0 spiro atoms. The third-order valence-electron chi connectivity index (χ3n) is 3.43. The van der Waals surface area contributed by atoms with E-state index in [0.29, 0.717) is 25.5 Å². The predicted octanol–water partition coefficient (Wildman–Crippen LogP) is 1.76. The van der Waals surface area contributed by atoms with Crippen LogP contribution in [-0.4, -0.2) is 29.2 Å². The Kier molecular flexibility index (Phi) is 3.35. The molecule has 6 heteroatoms. The van der Waals surface area contributed by atoms with Crippen molar-refractivity contribution in [3.05, 3.63) is 47.7 Å². The van der Waals surface area contributed by atoms with E-state index in [0.717, 1.165) is 11.3 Å². The summed E-state index contributed by atoms with van der Waals surface area (Å²) in [6.07, 6.45) is 1.39. The molecule has 0 saturated heterocycles. The SMILES string of the molecule is Nc1cnc(N2CCOc3ccccc3C2)cc1C(=O)O. The summed E-state index contributed by atoms with van der Waals surface area (Å²) in [4.78, 5) is 17.4. The van der Waals surface area contributed by atoms with Gasteiger partial charge in [0.05, 0.1) is 24.0 Å². The van der Waals surface area contributed by atoms with E-state index < -0.39 is 5.97 Å². The number of fused-ring (bicyclic) bond motifs is 1. The van der Waals surface area contributed by atoms with E-state index in [9.17, 15) is 4.79 Å². The maximum atomic E-state index is 11.2. The van der Waals surface area contributed by atoms with Crippen molar-refractivity contribution in [2.75, 3.05) is 23.8 Å². The number of carbonyl (C=O) groups is 1. The minimum atomic E-state index is -1.05. The monoisotopic (exact) mass is 285 g/mol. The molecule has 6 nitrogen and oxygen atoms in total. The number of aromatic nitrogens is 1. The second-order valence-corrected chi connectivity index (χ2v) is 4.81. The predicted molar refractivity (Wildman–Crippen MR) is 78.6 cm³/mol. The number of hydrogen-bond donors (Lipinski definition) is 2. The second-order valence-electron chi connectivity index (χ2n) is 4.81. The molecule has 0 amide bonds. The fourth-order valence-electron chi connectivity index (χ4n) is 2.33. The molecule has 0 saturated carbocycles. The van der Waals surface area contributed by atoms with Gasteiger partial charge in [0.15, 0.2) is 0 Å². The lowest BCUT2D eigenvalue weighted by Crippen LogP contribution is -2.26. The first-order chi connectivity index (χ1) is 10.1. The van der Waals surface area contributed by atoms with Crippen LogP contribution in [0.25, 0.3) is 0 Å². The molecule has 0 unspecified atom stereocenters. The van der Waals surface area contributed by atoms with Gasteiger partial charge in [0.25, 0.3) is 0 Å². The number of ether oxygens (including phenoxy) is 1. The lowest BCUT2D eigenvalue weighted by Gasteiger charge is -2.21. The van der Waals surface area contributed by atoms with Crippen LogP contribution in [-0.2, 0) is 6.54 Å². The number of para-hydroxylation sites is 1. The van der Waals surface area contributed by atoms with Crippen molar-refractivity contribution in [1.82, 2.24) is 4.98 Å². The molecule has 3 N–H and O–H groups in total. The van der Waals surface area contributed by atoms with Gasteiger partial charge in [0, 0.05) is 12.1 Å².